The third-order valence-corrected chi connectivity index (χ3v) is 4.50. The fraction of sp³-hybridized carbons (Fsp3) is 0.250. The molecule has 0 saturated carbocycles. The van der Waals surface area contributed by atoms with Crippen molar-refractivity contribution in [2.75, 3.05) is 12.1 Å². The Morgan fingerprint density at radius 2 is 1.96 bits per heavy atom. The van der Waals surface area contributed by atoms with Crippen molar-refractivity contribution in [2.24, 2.45) is 0 Å². The summed E-state index contributed by atoms with van der Waals surface area (Å²) >= 11 is 6.27. The van der Waals surface area contributed by atoms with Gasteiger partial charge in [-0.1, -0.05) is 37.6 Å². The molecule has 0 radical (unpaired) electrons. The number of benzene rings is 2. The SMILES string of the molecule is CCc1ccc(Cl)c(CC)c1NC(=O)/C=C/c1ccc2c(c1)OCO2. The summed E-state index contributed by atoms with van der Waals surface area (Å²) < 4.78 is 10.6. The lowest BCUT2D eigenvalue weighted by Gasteiger charge is -2.15. The molecule has 0 aromatic heterocycles. The molecule has 0 saturated heterocycles. The number of anilines is 1. The number of rotatable bonds is 5. The van der Waals surface area contributed by atoms with Crippen molar-refractivity contribution in [2.45, 2.75) is 26.7 Å². The molecule has 3 rings (SSSR count). The van der Waals surface area contributed by atoms with Crippen molar-refractivity contribution in [1.29, 1.82) is 0 Å². The fourth-order valence-corrected chi connectivity index (χ4v) is 3.11. The van der Waals surface area contributed by atoms with E-state index >= 15 is 0 Å². The van der Waals surface area contributed by atoms with Gasteiger partial charge in [0.25, 0.3) is 0 Å². The van der Waals surface area contributed by atoms with Gasteiger partial charge in [-0.3, -0.25) is 4.79 Å². The summed E-state index contributed by atoms with van der Waals surface area (Å²) in [6.07, 6.45) is 4.84. The van der Waals surface area contributed by atoms with Crippen LogP contribution in [0.2, 0.25) is 5.02 Å². The van der Waals surface area contributed by atoms with Crippen LogP contribution in [-0.4, -0.2) is 12.7 Å². The highest BCUT2D eigenvalue weighted by atomic mass is 35.5. The van der Waals surface area contributed by atoms with E-state index in [2.05, 4.69) is 12.2 Å². The second-order valence-corrected chi connectivity index (χ2v) is 6.11. The Kier molecular flexibility index (Phi) is 5.29. The van der Waals surface area contributed by atoms with Crippen LogP contribution in [0.4, 0.5) is 5.69 Å². The number of carbonyl (C=O) groups is 1. The Morgan fingerprint density at radius 1 is 1.16 bits per heavy atom. The molecule has 0 atom stereocenters. The Bertz CT molecular complexity index is 830. The zero-order chi connectivity index (χ0) is 17.8. The zero-order valence-corrected chi connectivity index (χ0v) is 15.0. The molecule has 0 spiro atoms. The lowest BCUT2D eigenvalue weighted by atomic mass is 10.0. The number of ether oxygens (including phenoxy) is 2. The summed E-state index contributed by atoms with van der Waals surface area (Å²) in [7, 11) is 0. The summed E-state index contributed by atoms with van der Waals surface area (Å²) in [5, 5.41) is 3.65. The molecule has 25 heavy (non-hydrogen) atoms. The van der Waals surface area contributed by atoms with Crippen LogP contribution in [0.15, 0.2) is 36.4 Å². The van der Waals surface area contributed by atoms with Crippen molar-refractivity contribution in [1.82, 2.24) is 0 Å². The van der Waals surface area contributed by atoms with Gasteiger partial charge in [-0.15, -0.1) is 0 Å². The molecular weight excluding hydrogens is 338 g/mol. The molecule has 1 amide bonds. The lowest BCUT2D eigenvalue weighted by molar-refractivity contribution is -0.111. The smallest absolute Gasteiger partial charge is 0.248 e. The molecule has 1 aliphatic rings. The van der Waals surface area contributed by atoms with E-state index in [9.17, 15) is 4.79 Å². The van der Waals surface area contributed by atoms with Gasteiger partial charge in [-0.2, -0.15) is 0 Å². The first-order valence-electron chi connectivity index (χ1n) is 8.31. The highest BCUT2D eigenvalue weighted by molar-refractivity contribution is 6.32. The molecule has 1 N–H and O–H groups in total. The summed E-state index contributed by atoms with van der Waals surface area (Å²) in [6, 6.07) is 9.41. The van der Waals surface area contributed by atoms with Crippen LogP contribution in [0.25, 0.3) is 6.08 Å². The molecule has 0 unspecified atom stereocenters. The molecule has 2 aromatic rings. The monoisotopic (exact) mass is 357 g/mol. The van der Waals surface area contributed by atoms with Gasteiger partial charge >= 0.3 is 0 Å². The lowest BCUT2D eigenvalue weighted by Crippen LogP contribution is -2.12. The maximum atomic E-state index is 12.4. The maximum Gasteiger partial charge on any atom is 0.248 e. The van der Waals surface area contributed by atoms with Crippen LogP contribution >= 0.6 is 11.6 Å². The second kappa shape index (κ2) is 7.62. The van der Waals surface area contributed by atoms with Crippen LogP contribution in [0.5, 0.6) is 11.5 Å². The predicted molar refractivity (Wildman–Crippen MR) is 100 cm³/mol. The number of nitrogens with one attached hydrogen (secondary N) is 1. The number of fused-ring (bicyclic) bond motifs is 1. The molecule has 1 aliphatic heterocycles. The van der Waals surface area contributed by atoms with E-state index in [0.29, 0.717) is 10.8 Å². The highest BCUT2D eigenvalue weighted by Gasteiger charge is 2.13. The van der Waals surface area contributed by atoms with Crippen LogP contribution < -0.4 is 14.8 Å². The first-order valence-corrected chi connectivity index (χ1v) is 8.69. The number of carbonyl (C=O) groups excluding carboxylic acids is 1. The van der Waals surface area contributed by atoms with Gasteiger partial charge in [0.05, 0.1) is 0 Å². The summed E-state index contributed by atoms with van der Waals surface area (Å²) in [4.78, 5) is 12.4. The third kappa shape index (κ3) is 3.80. The molecule has 0 fully saturated rings. The molecule has 130 valence electrons. The Morgan fingerprint density at radius 3 is 2.72 bits per heavy atom. The van der Waals surface area contributed by atoms with Crippen molar-refractivity contribution in [3.63, 3.8) is 0 Å². The van der Waals surface area contributed by atoms with Crippen LogP contribution in [0.3, 0.4) is 0 Å². The maximum absolute atomic E-state index is 12.4. The standard InChI is InChI=1S/C20H20ClNO3/c1-3-14-7-8-16(21)15(4-2)20(14)22-19(23)10-6-13-5-9-17-18(11-13)25-12-24-17/h5-11H,3-4,12H2,1-2H3,(H,22,23)/b10-6+. The predicted octanol–water partition coefficient (Wildman–Crippen LogP) is 4.85. The molecule has 1 heterocycles. The van der Waals surface area contributed by atoms with Crippen molar-refractivity contribution in [3.05, 3.63) is 58.1 Å². The Labute approximate surface area is 152 Å². The molecule has 5 heteroatoms. The number of aryl methyl sites for hydroxylation is 1. The van der Waals surface area contributed by atoms with E-state index in [1.54, 1.807) is 6.08 Å². The van der Waals surface area contributed by atoms with Crippen LogP contribution in [-0.2, 0) is 17.6 Å². The average molecular weight is 358 g/mol. The van der Waals surface area contributed by atoms with Crippen LogP contribution in [0, 0.1) is 0 Å². The van der Waals surface area contributed by atoms with Gasteiger partial charge in [0.15, 0.2) is 11.5 Å². The van der Waals surface area contributed by atoms with Crippen LogP contribution in [0.1, 0.15) is 30.5 Å². The summed E-state index contributed by atoms with van der Waals surface area (Å²) in [5.41, 5.74) is 3.73. The summed E-state index contributed by atoms with van der Waals surface area (Å²) in [5.74, 6) is 1.23. The largest absolute Gasteiger partial charge is 0.454 e. The second-order valence-electron chi connectivity index (χ2n) is 5.70. The normalized spacial score (nSPS) is 12.6. The van der Waals surface area contributed by atoms with E-state index in [1.807, 2.05) is 37.3 Å². The number of hydrogen-bond donors (Lipinski definition) is 1. The Balaban J connectivity index is 1.78. The van der Waals surface area contributed by atoms with E-state index in [-0.39, 0.29) is 12.7 Å². The number of halogens is 1. The van der Waals surface area contributed by atoms with Crippen molar-refractivity contribution in [3.8, 4) is 11.5 Å². The van der Waals surface area contributed by atoms with Gasteiger partial charge < -0.3 is 14.8 Å². The van der Waals surface area contributed by atoms with Gasteiger partial charge in [0, 0.05) is 16.8 Å². The Hall–Kier alpha value is -2.46. The minimum Gasteiger partial charge on any atom is -0.454 e. The highest BCUT2D eigenvalue weighted by Crippen LogP contribution is 2.33. The van der Waals surface area contributed by atoms with Crippen molar-refractivity contribution < 1.29 is 14.3 Å². The molecule has 4 nitrogen and oxygen atoms in total. The molecule has 0 aliphatic carbocycles. The minimum absolute atomic E-state index is 0.190. The molecule has 0 bridgehead atoms. The molecule has 2 aromatic carbocycles. The third-order valence-electron chi connectivity index (χ3n) is 4.15. The quantitative estimate of drug-likeness (QED) is 0.778. The summed E-state index contributed by atoms with van der Waals surface area (Å²) in [6.45, 7) is 4.32. The van der Waals surface area contributed by atoms with Gasteiger partial charge in [0.2, 0.25) is 12.7 Å². The van der Waals surface area contributed by atoms with E-state index in [1.165, 1.54) is 6.08 Å². The first-order chi connectivity index (χ1) is 12.1. The van der Waals surface area contributed by atoms with E-state index < -0.39 is 0 Å². The number of hydrogen-bond acceptors (Lipinski definition) is 3. The average Bonchev–Trinajstić information content (AvgIpc) is 3.08. The zero-order valence-electron chi connectivity index (χ0n) is 14.3. The topological polar surface area (TPSA) is 47.6 Å². The van der Waals surface area contributed by atoms with Gasteiger partial charge in [-0.05, 0) is 53.8 Å². The van der Waals surface area contributed by atoms with Gasteiger partial charge in [0.1, 0.15) is 0 Å². The van der Waals surface area contributed by atoms with E-state index in [4.69, 9.17) is 21.1 Å². The first kappa shape index (κ1) is 17.4. The fourth-order valence-electron chi connectivity index (χ4n) is 2.82. The number of amides is 1. The molecular formula is C20H20ClNO3. The van der Waals surface area contributed by atoms with Crippen molar-refractivity contribution >= 4 is 29.3 Å². The van der Waals surface area contributed by atoms with Gasteiger partial charge in [-0.25, -0.2) is 0 Å². The minimum atomic E-state index is -0.190. The van der Waals surface area contributed by atoms with E-state index in [0.717, 1.165) is 41.0 Å².